The molecule has 0 aliphatic carbocycles. The average Bonchev–Trinajstić information content (AvgIpc) is 3.25. The number of anilines is 1. The number of rotatable bonds is 11. The predicted molar refractivity (Wildman–Crippen MR) is 144 cm³/mol. The molecule has 0 saturated heterocycles. The van der Waals surface area contributed by atoms with Crippen LogP contribution in [0.4, 0.5) is 5.69 Å². The molecular weight excluding hydrogens is 474 g/mol. The number of carbonyl (C=O) groups is 2. The molecule has 1 atom stereocenters. The van der Waals surface area contributed by atoms with E-state index in [4.69, 9.17) is 4.74 Å². The van der Waals surface area contributed by atoms with Crippen LogP contribution in [-0.4, -0.2) is 39.4 Å². The Bertz CT molecular complexity index is 1220. The highest BCUT2D eigenvalue weighted by molar-refractivity contribution is 7.99. The van der Waals surface area contributed by atoms with Crippen LogP contribution < -0.4 is 15.4 Å². The number of nitrogens with one attached hydrogen (secondary N) is 2. The maximum atomic E-state index is 13.0. The van der Waals surface area contributed by atoms with Gasteiger partial charge in [0.05, 0.1) is 18.9 Å². The van der Waals surface area contributed by atoms with Gasteiger partial charge in [-0.15, -0.1) is 16.8 Å². The van der Waals surface area contributed by atoms with Gasteiger partial charge in [-0.3, -0.25) is 9.59 Å². The highest BCUT2D eigenvalue weighted by Crippen LogP contribution is 2.26. The molecule has 3 aromatic rings. The van der Waals surface area contributed by atoms with Gasteiger partial charge in [-0.2, -0.15) is 0 Å². The Balaban J connectivity index is 1.74. The molecule has 0 radical (unpaired) electrons. The molecule has 36 heavy (non-hydrogen) atoms. The van der Waals surface area contributed by atoms with Gasteiger partial charge in [-0.25, -0.2) is 0 Å². The molecule has 0 saturated carbocycles. The van der Waals surface area contributed by atoms with Crippen LogP contribution >= 0.6 is 11.8 Å². The summed E-state index contributed by atoms with van der Waals surface area (Å²) < 4.78 is 7.06. The fraction of sp³-hybridized carbons (Fsp3) is 0.333. The van der Waals surface area contributed by atoms with E-state index < -0.39 is 0 Å². The van der Waals surface area contributed by atoms with Gasteiger partial charge in [0, 0.05) is 17.8 Å². The molecule has 1 heterocycles. The Morgan fingerprint density at radius 3 is 2.47 bits per heavy atom. The number of thioether (sulfide) groups is 1. The summed E-state index contributed by atoms with van der Waals surface area (Å²) in [6, 6.07) is 12.5. The number of hydrogen-bond acceptors (Lipinski definition) is 6. The van der Waals surface area contributed by atoms with E-state index in [1.165, 1.54) is 11.8 Å². The lowest BCUT2D eigenvalue weighted by Crippen LogP contribution is -2.33. The number of carbonyl (C=O) groups excluding carboxylic acids is 2. The number of nitrogens with zero attached hydrogens (tertiary/aromatic N) is 3. The number of hydrogen-bond donors (Lipinski definition) is 2. The van der Waals surface area contributed by atoms with E-state index in [1.807, 2.05) is 50.5 Å². The molecule has 3 rings (SSSR count). The third kappa shape index (κ3) is 6.75. The number of amides is 2. The van der Waals surface area contributed by atoms with Gasteiger partial charge in [0.2, 0.25) is 5.91 Å². The molecular formula is C27H33N5O3S. The van der Waals surface area contributed by atoms with Crippen molar-refractivity contribution in [2.24, 2.45) is 5.92 Å². The minimum Gasteiger partial charge on any atom is -0.497 e. The smallest absolute Gasteiger partial charge is 0.251 e. The first-order valence-electron chi connectivity index (χ1n) is 11.7. The van der Waals surface area contributed by atoms with E-state index in [1.54, 1.807) is 37.5 Å². The van der Waals surface area contributed by atoms with Crippen LogP contribution in [0.25, 0.3) is 0 Å². The quantitative estimate of drug-likeness (QED) is 0.282. The normalized spacial score (nSPS) is 11.7. The van der Waals surface area contributed by atoms with Crippen molar-refractivity contribution in [2.75, 3.05) is 18.2 Å². The summed E-state index contributed by atoms with van der Waals surface area (Å²) in [5.74, 6) is 1.17. The Kier molecular flexibility index (Phi) is 9.30. The van der Waals surface area contributed by atoms with Crippen LogP contribution in [0.2, 0.25) is 0 Å². The molecule has 8 nitrogen and oxygen atoms in total. The monoisotopic (exact) mass is 507 g/mol. The summed E-state index contributed by atoms with van der Waals surface area (Å²) >= 11 is 1.30. The summed E-state index contributed by atoms with van der Waals surface area (Å²) in [6.07, 6.45) is 1.75. The summed E-state index contributed by atoms with van der Waals surface area (Å²) in [7, 11) is 1.58. The van der Waals surface area contributed by atoms with E-state index in [2.05, 4.69) is 27.4 Å². The third-order valence-corrected chi connectivity index (χ3v) is 6.60. The molecule has 9 heteroatoms. The van der Waals surface area contributed by atoms with Crippen LogP contribution in [0.15, 0.2) is 60.3 Å². The second-order valence-corrected chi connectivity index (χ2v) is 9.76. The summed E-state index contributed by atoms with van der Waals surface area (Å²) in [5.41, 5.74) is 3.47. The van der Waals surface area contributed by atoms with Crippen molar-refractivity contribution in [3.05, 3.63) is 77.6 Å². The van der Waals surface area contributed by atoms with E-state index in [9.17, 15) is 9.59 Å². The summed E-state index contributed by atoms with van der Waals surface area (Å²) in [6.45, 7) is 12.3. The lowest BCUT2D eigenvalue weighted by molar-refractivity contribution is -0.113. The zero-order valence-corrected chi connectivity index (χ0v) is 22.2. The van der Waals surface area contributed by atoms with Crippen LogP contribution in [0.1, 0.15) is 47.2 Å². The molecule has 1 aromatic heterocycles. The molecule has 0 spiro atoms. The Morgan fingerprint density at radius 2 is 1.86 bits per heavy atom. The molecule has 190 valence electrons. The van der Waals surface area contributed by atoms with Gasteiger partial charge in [-0.05, 0) is 55.7 Å². The number of benzene rings is 2. The van der Waals surface area contributed by atoms with Crippen molar-refractivity contribution in [3.8, 4) is 5.75 Å². The maximum absolute atomic E-state index is 13.0. The SMILES string of the molecule is C=CCn1c(SCC(=O)Nc2ccc(C)cc2C)nnc1[C@H](NC(=O)c1ccc(OC)cc1)C(C)C. The van der Waals surface area contributed by atoms with Crippen molar-refractivity contribution in [1.29, 1.82) is 0 Å². The number of allylic oxidation sites excluding steroid dienone is 1. The zero-order chi connectivity index (χ0) is 26.2. The van der Waals surface area contributed by atoms with Crippen LogP contribution in [0.5, 0.6) is 5.75 Å². The molecule has 0 aliphatic rings. The number of ether oxygens (including phenoxy) is 1. The first-order chi connectivity index (χ1) is 17.2. The molecule has 0 unspecified atom stereocenters. The molecule has 2 N–H and O–H groups in total. The van der Waals surface area contributed by atoms with Gasteiger partial charge in [0.1, 0.15) is 5.75 Å². The first kappa shape index (κ1) is 27.0. The fourth-order valence-corrected chi connectivity index (χ4v) is 4.46. The Morgan fingerprint density at radius 1 is 1.14 bits per heavy atom. The molecule has 0 bridgehead atoms. The first-order valence-corrected chi connectivity index (χ1v) is 12.7. The van der Waals surface area contributed by atoms with E-state index in [0.717, 1.165) is 16.8 Å². The van der Waals surface area contributed by atoms with Gasteiger partial charge < -0.3 is 19.9 Å². The van der Waals surface area contributed by atoms with Crippen molar-refractivity contribution < 1.29 is 14.3 Å². The van der Waals surface area contributed by atoms with Crippen LogP contribution in [0, 0.1) is 19.8 Å². The second kappa shape index (κ2) is 12.4. The predicted octanol–water partition coefficient (Wildman–Crippen LogP) is 4.95. The van der Waals surface area contributed by atoms with Gasteiger partial charge in [-0.1, -0.05) is 49.4 Å². The lowest BCUT2D eigenvalue weighted by atomic mass is 10.0. The standard InChI is InChI=1S/C27H33N5O3S/c1-7-14-32-25(24(17(2)3)29-26(34)20-9-11-21(35-6)12-10-20)30-31-27(32)36-16-23(33)28-22-13-8-18(4)15-19(22)5/h7-13,15,17,24H,1,14,16H2,2-6H3,(H,28,33)(H,29,34)/t24-/m1/s1. The maximum Gasteiger partial charge on any atom is 0.251 e. The Hall–Kier alpha value is -3.59. The van der Waals surface area contributed by atoms with E-state index in [-0.39, 0.29) is 29.5 Å². The van der Waals surface area contributed by atoms with E-state index in [0.29, 0.717) is 28.8 Å². The molecule has 2 aromatic carbocycles. The van der Waals surface area contributed by atoms with Gasteiger partial charge >= 0.3 is 0 Å². The van der Waals surface area contributed by atoms with E-state index >= 15 is 0 Å². The number of aryl methyl sites for hydroxylation is 2. The van der Waals surface area contributed by atoms with Crippen molar-refractivity contribution in [2.45, 2.75) is 45.4 Å². The Labute approximate surface area is 216 Å². The van der Waals surface area contributed by atoms with Crippen molar-refractivity contribution >= 4 is 29.3 Å². The summed E-state index contributed by atoms with van der Waals surface area (Å²) in [5, 5.41) is 15.3. The largest absolute Gasteiger partial charge is 0.497 e. The minimum absolute atomic E-state index is 0.0469. The summed E-state index contributed by atoms with van der Waals surface area (Å²) in [4.78, 5) is 25.6. The molecule has 0 fully saturated rings. The molecule has 2 amide bonds. The number of aromatic nitrogens is 3. The highest BCUT2D eigenvalue weighted by atomic mass is 32.2. The topological polar surface area (TPSA) is 98.1 Å². The average molecular weight is 508 g/mol. The second-order valence-electron chi connectivity index (χ2n) is 8.82. The van der Waals surface area contributed by atoms with Crippen molar-refractivity contribution in [1.82, 2.24) is 20.1 Å². The number of methoxy groups -OCH3 is 1. The third-order valence-electron chi connectivity index (χ3n) is 5.63. The van der Waals surface area contributed by atoms with Gasteiger partial charge in [0.15, 0.2) is 11.0 Å². The molecule has 0 aliphatic heterocycles. The van der Waals surface area contributed by atoms with Crippen LogP contribution in [-0.2, 0) is 11.3 Å². The van der Waals surface area contributed by atoms with Crippen LogP contribution in [0.3, 0.4) is 0 Å². The lowest BCUT2D eigenvalue weighted by Gasteiger charge is -2.22. The minimum atomic E-state index is -0.384. The zero-order valence-electron chi connectivity index (χ0n) is 21.4. The van der Waals surface area contributed by atoms with Crippen molar-refractivity contribution in [3.63, 3.8) is 0 Å². The highest BCUT2D eigenvalue weighted by Gasteiger charge is 2.26. The van der Waals surface area contributed by atoms with Gasteiger partial charge in [0.25, 0.3) is 5.91 Å². The fourth-order valence-electron chi connectivity index (χ4n) is 3.70.